The van der Waals surface area contributed by atoms with E-state index < -0.39 is 0 Å². The van der Waals surface area contributed by atoms with Crippen LogP contribution in [0, 0.1) is 0 Å². The Kier molecular flexibility index (Phi) is 7.27. The first-order valence-electron chi connectivity index (χ1n) is 8.15. The smallest absolute Gasteiger partial charge is 0.226 e. The standard InChI is InChI=1S/C15H33BN2S/c1-6-9-10-13-14(16(13)19)18(11-7-2)15(4,5)12-17-8-3/h13-14,17,19H,6-12H2,1-5H3. The summed E-state index contributed by atoms with van der Waals surface area (Å²) in [4.78, 5) is 2.72. The van der Waals surface area contributed by atoms with Crippen molar-refractivity contribution < 1.29 is 0 Å². The van der Waals surface area contributed by atoms with Gasteiger partial charge in [-0.3, -0.25) is 0 Å². The number of unbranched alkanes of at least 4 members (excludes halogenated alkanes) is 1. The zero-order chi connectivity index (χ0) is 14.5. The normalized spacial score (nSPS) is 23.2. The maximum absolute atomic E-state index is 4.83. The summed E-state index contributed by atoms with van der Waals surface area (Å²) in [6.45, 7) is 14.8. The van der Waals surface area contributed by atoms with Gasteiger partial charge in [-0.1, -0.05) is 40.0 Å². The molecule has 1 heterocycles. The zero-order valence-corrected chi connectivity index (χ0v) is 14.5. The van der Waals surface area contributed by atoms with Crippen LogP contribution in [0.2, 0.25) is 5.82 Å². The molecule has 4 heteroatoms. The van der Waals surface area contributed by atoms with E-state index >= 15 is 0 Å². The van der Waals surface area contributed by atoms with Crippen molar-refractivity contribution in [1.82, 2.24) is 10.2 Å². The number of hydrogen-bond donors (Lipinski definition) is 2. The van der Waals surface area contributed by atoms with Crippen molar-refractivity contribution in [3.8, 4) is 0 Å². The number of thiol groups is 1. The van der Waals surface area contributed by atoms with Crippen LogP contribution in [0.1, 0.15) is 60.3 Å². The van der Waals surface area contributed by atoms with Crippen molar-refractivity contribution in [2.75, 3.05) is 19.6 Å². The van der Waals surface area contributed by atoms with Crippen molar-refractivity contribution >= 4 is 18.5 Å². The highest BCUT2D eigenvalue weighted by atomic mass is 32.1. The minimum absolute atomic E-state index is 0.235. The molecule has 1 N–H and O–H groups in total. The lowest BCUT2D eigenvalue weighted by Gasteiger charge is -2.40. The van der Waals surface area contributed by atoms with E-state index in [1.165, 1.54) is 32.2 Å². The third-order valence-corrected chi connectivity index (χ3v) is 5.08. The Balaban J connectivity index is 2.62. The molecule has 0 amide bonds. The summed E-state index contributed by atoms with van der Waals surface area (Å²) in [5, 5.41) is 3.52. The molecule has 0 radical (unpaired) electrons. The molecule has 0 bridgehead atoms. The molecule has 2 unspecified atom stereocenters. The minimum atomic E-state index is 0.235. The molecule has 1 aliphatic heterocycles. The quantitative estimate of drug-likeness (QED) is 0.471. The highest BCUT2D eigenvalue weighted by Crippen LogP contribution is 2.48. The first kappa shape index (κ1) is 17.4. The van der Waals surface area contributed by atoms with Gasteiger partial charge in [-0.15, -0.1) is 0 Å². The average Bonchev–Trinajstić information content (AvgIpc) is 3.00. The van der Waals surface area contributed by atoms with Crippen LogP contribution in [0.15, 0.2) is 0 Å². The number of nitrogens with zero attached hydrogens (tertiary/aromatic N) is 1. The Labute approximate surface area is 126 Å². The van der Waals surface area contributed by atoms with Gasteiger partial charge < -0.3 is 10.2 Å². The summed E-state index contributed by atoms with van der Waals surface area (Å²) in [7, 11) is 0. The van der Waals surface area contributed by atoms with Gasteiger partial charge in [0.1, 0.15) is 0 Å². The van der Waals surface area contributed by atoms with E-state index in [0.717, 1.165) is 18.9 Å². The molecule has 1 rings (SSSR count). The van der Waals surface area contributed by atoms with E-state index in [4.69, 9.17) is 12.5 Å². The van der Waals surface area contributed by atoms with Crippen molar-refractivity contribution in [3.63, 3.8) is 0 Å². The molecule has 0 aromatic carbocycles. The highest BCUT2D eigenvalue weighted by Gasteiger charge is 2.56. The summed E-state index contributed by atoms with van der Waals surface area (Å²) in [6, 6.07) is 0. The molecular weight excluding hydrogens is 251 g/mol. The molecular formula is C15H33BN2S. The lowest BCUT2D eigenvalue weighted by atomic mass is 9.93. The number of hydrogen-bond acceptors (Lipinski definition) is 3. The Hall–Kier alpha value is 0.335. The van der Waals surface area contributed by atoms with Crippen molar-refractivity contribution in [1.29, 1.82) is 0 Å². The first-order valence-corrected chi connectivity index (χ1v) is 8.66. The van der Waals surface area contributed by atoms with Gasteiger partial charge in [0.05, 0.1) is 0 Å². The molecule has 19 heavy (non-hydrogen) atoms. The Morgan fingerprint density at radius 1 is 1.21 bits per heavy atom. The molecule has 2 nitrogen and oxygen atoms in total. The van der Waals surface area contributed by atoms with Crippen LogP contribution in [-0.2, 0) is 0 Å². The maximum atomic E-state index is 4.83. The molecule has 0 spiro atoms. The number of nitrogens with one attached hydrogen (secondary N) is 1. The van der Waals surface area contributed by atoms with E-state index in [1.54, 1.807) is 0 Å². The van der Waals surface area contributed by atoms with Crippen LogP contribution in [-0.4, -0.2) is 42.0 Å². The summed E-state index contributed by atoms with van der Waals surface area (Å²) in [6.07, 6.45) is 5.24. The summed E-state index contributed by atoms with van der Waals surface area (Å²) >= 11 is 4.83. The SMILES string of the molecule is CCCCC1B(S)C1N(CCC)C(C)(C)CNCC. The predicted molar refractivity (Wildman–Crippen MR) is 91.4 cm³/mol. The summed E-state index contributed by atoms with van der Waals surface area (Å²) in [5.41, 5.74) is 0.235. The molecule has 0 aliphatic carbocycles. The third kappa shape index (κ3) is 4.68. The first-order chi connectivity index (χ1) is 8.99. The highest BCUT2D eigenvalue weighted by molar-refractivity contribution is 8.12. The fourth-order valence-electron chi connectivity index (χ4n) is 3.16. The van der Waals surface area contributed by atoms with Crippen LogP contribution < -0.4 is 5.32 Å². The van der Waals surface area contributed by atoms with E-state index in [0.29, 0.717) is 11.9 Å². The van der Waals surface area contributed by atoms with E-state index in [1.807, 2.05) is 0 Å². The second-order valence-corrected chi connectivity index (χ2v) is 7.17. The molecule has 1 fully saturated rings. The fourth-order valence-corrected chi connectivity index (χ4v) is 3.77. The second-order valence-electron chi connectivity index (χ2n) is 6.57. The summed E-state index contributed by atoms with van der Waals surface area (Å²) < 4.78 is 0. The van der Waals surface area contributed by atoms with Crippen molar-refractivity contribution in [2.24, 2.45) is 0 Å². The van der Waals surface area contributed by atoms with Crippen molar-refractivity contribution in [2.45, 2.75) is 77.6 Å². The third-order valence-electron chi connectivity index (χ3n) is 4.39. The topological polar surface area (TPSA) is 15.3 Å². The maximum Gasteiger partial charge on any atom is 0.226 e. The molecule has 0 aromatic heterocycles. The Morgan fingerprint density at radius 2 is 1.89 bits per heavy atom. The van der Waals surface area contributed by atoms with Gasteiger partial charge in [0.2, 0.25) is 5.99 Å². The molecule has 1 aliphatic rings. The second kappa shape index (κ2) is 7.94. The van der Waals surface area contributed by atoms with Crippen LogP contribution in [0.3, 0.4) is 0 Å². The van der Waals surface area contributed by atoms with Gasteiger partial charge in [0.15, 0.2) is 0 Å². The van der Waals surface area contributed by atoms with Crippen LogP contribution in [0.5, 0.6) is 0 Å². The number of likely N-dealkylation sites (N-methyl/N-ethyl adjacent to an activating group) is 1. The molecule has 0 aromatic rings. The van der Waals surface area contributed by atoms with Gasteiger partial charge in [-0.25, -0.2) is 12.5 Å². The van der Waals surface area contributed by atoms with Gasteiger partial charge in [0.25, 0.3) is 0 Å². The summed E-state index contributed by atoms with van der Waals surface area (Å²) in [5.74, 6) is 2.11. The van der Waals surface area contributed by atoms with E-state index in [9.17, 15) is 0 Å². The predicted octanol–water partition coefficient (Wildman–Crippen LogP) is 3.49. The average molecular weight is 284 g/mol. The monoisotopic (exact) mass is 284 g/mol. The van der Waals surface area contributed by atoms with Crippen LogP contribution in [0.25, 0.3) is 0 Å². The van der Waals surface area contributed by atoms with Crippen molar-refractivity contribution in [3.05, 3.63) is 0 Å². The lowest BCUT2D eigenvalue weighted by molar-refractivity contribution is 0.113. The van der Waals surface area contributed by atoms with Crippen LogP contribution in [0.4, 0.5) is 0 Å². The van der Waals surface area contributed by atoms with E-state index in [-0.39, 0.29) is 5.54 Å². The number of rotatable bonds is 10. The molecule has 2 atom stereocenters. The Morgan fingerprint density at radius 3 is 2.42 bits per heavy atom. The van der Waals surface area contributed by atoms with Gasteiger partial charge in [-0.2, -0.15) is 0 Å². The van der Waals surface area contributed by atoms with Gasteiger partial charge in [-0.05, 0) is 45.1 Å². The van der Waals surface area contributed by atoms with Gasteiger partial charge in [0, 0.05) is 12.1 Å². The largest absolute Gasteiger partial charge is 0.315 e. The zero-order valence-electron chi connectivity index (χ0n) is 13.6. The van der Waals surface area contributed by atoms with Gasteiger partial charge >= 0.3 is 0 Å². The Bertz CT molecular complexity index is 261. The fraction of sp³-hybridized carbons (Fsp3) is 1.00. The molecule has 112 valence electrons. The van der Waals surface area contributed by atoms with E-state index in [2.05, 4.69) is 44.8 Å². The lowest BCUT2D eigenvalue weighted by Crippen LogP contribution is -2.53. The van der Waals surface area contributed by atoms with Crippen LogP contribution >= 0.6 is 12.5 Å². The molecule has 0 saturated carbocycles. The minimum Gasteiger partial charge on any atom is -0.315 e. The molecule has 1 saturated heterocycles.